The Kier molecular flexibility index (Phi) is 5.40. The van der Waals surface area contributed by atoms with Crippen LogP contribution in [0.2, 0.25) is 0 Å². The molecule has 0 bridgehead atoms. The summed E-state index contributed by atoms with van der Waals surface area (Å²) < 4.78 is 30.3. The normalized spacial score (nSPS) is 19.4. The molecule has 0 aromatic carbocycles. The predicted molar refractivity (Wildman–Crippen MR) is 109 cm³/mol. The fourth-order valence-electron chi connectivity index (χ4n) is 3.82. The fraction of sp³-hybridized carbons (Fsp3) is 0.500. The van der Waals surface area contributed by atoms with Crippen LogP contribution in [0.5, 0.6) is 0 Å². The zero-order valence-corrected chi connectivity index (χ0v) is 17.2. The monoisotopic (exact) mass is 417 g/mol. The third kappa shape index (κ3) is 3.86. The molecule has 0 spiro atoms. The number of carbonyl (C=O) groups is 1. The molecule has 1 aliphatic carbocycles. The lowest BCUT2D eigenvalue weighted by molar-refractivity contribution is 0.102. The minimum atomic E-state index is -2.79. The Morgan fingerprint density at radius 3 is 2.67 bits per heavy atom. The van der Waals surface area contributed by atoms with Crippen molar-refractivity contribution >= 4 is 23.1 Å². The first-order chi connectivity index (χ1) is 14.3. The lowest BCUT2D eigenvalue weighted by Crippen LogP contribution is -2.17. The van der Waals surface area contributed by atoms with Crippen molar-refractivity contribution in [2.75, 3.05) is 24.3 Å². The van der Waals surface area contributed by atoms with E-state index in [9.17, 15) is 13.6 Å². The molecule has 0 atom stereocenters. The minimum absolute atomic E-state index is 0.0248. The first-order valence-corrected chi connectivity index (χ1v) is 10.0. The van der Waals surface area contributed by atoms with Crippen LogP contribution in [-0.4, -0.2) is 44.4 Å². The van der Waals surface area contributed by atoms with E-state index in [0.717, 1.165) is 25.7 Å². The van der Waals surface area contributed by atoms with E-state index in [1.165, 1.54) is 16.9 Å². The lowest BCUT2D eigenvalue weighted by Gasteiger charge is -2.26. The molecule has 1 aliphatic rings. The van der Waals surface area contributed by atoms with Gasteiger partial charge in [0, 0.05) is 26.5 Å². The number of hydrogen-bond donors (Lipinski definition) is 1. The second-order valence-electron chi connectivity index (χ2n) is 8.08. The number of rotatable bonds is 5. The van der Waals surface area contributed by atoms with Crippen LogP contribution >= 0.6 is 0 Å². The van der Waals surface area contributed by atoms with Gasteiger partial charge in [0.15, 0.2) is 11.3 Å². The third-order valence-electron chi connectivity index (χ3n) is 5.63. The number of hydrogen-bond acceptors (Lipinski definition) is 5. The van der Waals surface area contributed by atoms with Gasteiger partial charge in [-0.1, -0.05) is 6.92 Å². The van der Waals surface area contributed by atoms with Gasteiger partial charge in [0.05, 0.1) is 17.9 Å². The van der Waals surface area contributed by atoms with Crippen molar-refractivity contribution in [1.82, 2.24) is 24.4 Å². The maximum Gasteiger partial charge on any atom is 0.284 e. The van der Waals surface area contributed by atoms with Crippen molar-refractivity contribution in [1.29, 1.82) is 0 Å². The topological polar surface area (TPSA) is 80.4 Å². The van der Waals surface area contributed by atoms with Crippen molar-refractivity contribution in [3.8, 4) is 0 Å². The smallest absolute Gasteiger partial charge is 0.284 e. The number of nitrogens with zero attached hydrogens (tertiary/aromatic N) is 6. The first-order valence-electron chi connectivity index (χ1n) is 10.0. The van der Waals surface area contributed by atoms with Gasteiger partial charge in [0.1, 0.15) is 11.4 Å². The lowest BCUT2D eigenvalue weighted by atomic mass is 9.87. The molecule has 0 aliphatic heterocycles. The van der Waals surface area contributed by atoms with Crippen LogP contribution in [0.25, 0.3) is 5.65 Å². The maximum absolute atomic E-state index is 13.6. The molecule has 1 fully saturated rings. The van der Waals surface area contributed by atoms with Crippen LogP contribution in [0.1, 0.15) is 61.1 Å². The van der Waals surface area contributed by atoms with Crippen molar-refractivity contribution in [2.24, 2.45) is 5.92 Å². The number of nitrogens with one attached hydrogen (secondary N) is 1. The van der Waals surface area contributed by atoms with Gasteiger partial charge in [0.25, 0.3) is 12.3 Å². The maximum atomic E-state index is 13.6. The molecule has 8 nitrogen and oxygen atoms in total. The minimum Gasteiger partial charge on any atom is -0.363 e. The second kappa shape index (κ2) is 8.00. The van der Waals surface area contributed by atoms with E-state index in [1.807, 2.05) is 14.1 Å². The van der Waals surface area contributed by atoms with Crippen molar-refractivity contribution in [3.05, 3.63) is 35.9 Å². The van der Waals surface area contributed by atoms with Crippen molar-refractivity contribution in [3.63, 3.8) is 0 Å². The van der Waals surface area contributed by atoms with Crippen molar-refractivity contribution < 1.29 is 13.6 Å². The molecule has 1 N–H and O–H groups in total. The Hall–Kier alpha value is -3.04. The number of amides is 1. The van der Waals surface area contributed by atoms with Gasteiger partial charge in [-0.2, -0.15) is 10.2 Å². The van der Waals surface area contributed by atoms with E-state index in [2.05, 4.69) is 27.4 Å². The highest BCUT2D eigenvalue weighted by Crippen LogP contribution is 2.34. The zero-order valence-electron chi connectivity index (χ0n) is 17.2. The Morgan fingerprint density at radius 2 is 2.00 bits per heavy atom. The molecule has 30 heavy (non-hydrogen) atoms. The number of aromatic nitrogens is 5. The highest BCUT2D eigenvalue weighted by atomic mass is 19.3. The summed E-state index contributed by atoms with van der Waals surface area (Å²) in [5.41, 5.74) is 0.168. The Morgan fingerprint density at radius 1 is 1.27 bits per heavy atom. The van der Waals surface area contributed by atoms with E-state index < -0.39 is 18.0 Å². The standard InChI is InChI=1S/C20H25F2N7O/c1-12-4-6-13(7-5-12)29-11-15(17(26-29)18(21)22)24-20(30)14-10-23-28-9-8-16(27(2)3)25-19(14)28/h8-13,18H,4-7H2,1-3H3,(H,24,30). The highest BCUT2D eigenvalue weighted by Gasteiger charge is 2.26. The van der Waals surface area contributed by atoms with Crippen LogP contribution in [0.4, 0.5) is 20.3 Å². The van der Waals surface area contributed by atoms with E-state index in [-0.39, 0.29) is 17.3 Å². The molecular formula is C20H25F2N7O. The first kappa shape index (κ1) is 20.2. The van der Waals surface area contributed by atoms with Crippen LogP contribution in [0.15, 0.2) is 24.7 Å². The molecule has 4 rings (SSSR count). The summed E-state index contributed by atoms with van der Waals surface area (Å²) >= 11 is 0. The number of fused-ring (bicyclic) bond motifs is 1. The van der Waals surface area contributed by atoms with Crippen LogP contribution in [0.3, 0.4) is 0 Å². The fourth-order valence-corrected chi connectivity index (χ4v) is 3.82. The summed E-state index contributed by atoms with van der Waals surface area (Å²) in [6, 6.07) is 1.84. The second-order valence-corrected chi connectivity index (χ2v) is 8.08. The van der Waals surface area contributed by atoms with Crippen LogP contribution in [-0.2, 0) is 0 Å². The van der Waals surface area contributed by atoms with Gasteiger partial charge in [-0.05, 0) is 37.7 Å². The van der Waals surface area contributed by atoms with E-state index in [1.54, 1.807) is 21.8 Å². The predicted octanol–water partition coefficient (Wildman–Crippen LogP) is 3.93. The molecule has 0 unspecified atom stereocenters. The Bertz CT molecular complexity index is 1050. The van der Waals surface area contributed by atoms with E-state index in [4.69, 9.17) is 0 Å². The summed E-state index contributed by atoms with van der Waals surface area (Å²) in [5.74, 6) is 0.748. The van der Waals surface area contributed by atoms with E-state index in [0.29, 0.717) is 17.4 Å². The largest absolute Gasteiger partial charge is 0.363 e. The Balaban J connectivity index is 1.61. The molecule has 0 saturated heterocycles. The van der Waals surface area contributed by atoms with Gasteiger partial charge in [-0.3, -0.25) is 9.48 Å². The van der Waals surface area contributed by atoms with E-state index >= 15 is 0 Å². The molecule has 3 aromatic heterocycles. The molecular weight excluding hydrogens is 392 g/mol. The molecule has 160 valence electrons. The quantitative estimate of drug-likeness (QED) is 0.680. The summed E-state index contributed by atoms with van der Waals surface area (Å²) in [6.45, 7) is 2.20. The molecule has 3 heterocycles. The average Bonchev–Trinajstić information content (AvgIpc) is 3.32. The molecule has 3 aromatic rings. The van der Waals surface area contributed by atoms with Gasteiger partial charge >= 0.3 is 0 Å². The molecule has 10 heteroatoms. The third-order valence-corrected chi connectivity index (χ3v) is 5.63. The average molecular weight is 417 g/mol. The Labute approximate surface area is 172 Å². The number of halogens is 2. The summed E-state index contributed by atoms with van der Waals surface area (Å²) in [7, 11) is 3.68. The van der Waals surface area contributed by atoms with Gasteiger partial charge in [-0.15, -0.1) is 0 Å². The molecule has 0 radical (unpaired) electrons. The SMILES string of the molecule is CC1CCC(n2cc(NC(=O)c3cnn4ccc(N(C)C)nc34)c(C(F)F)n2)CC1. The zero-order chi connectivity index (χ0) is 21.4. The van der Waals surface area contributed by atoms with Gasteiger partial charge in [-0.25, -0.2) is 18.3 Å². The molecule has 1 amide bonds. The number of carbonyl (C=O) groups excluding carboxylic acids is 1. The number of alkyl halides is 2. The highest BCUT2D eigenvalue weighted by molar-refractivity contribution is 6.08. The van der Waals surface area contributed by atoms with Crippen LogP contribution in [0, 0.1) is 5.92 Å². The van der Waals surface area contributed by atoms with Crippen LogP contribution < -0.4 is 10.2 Å². The summed E-state index contributed by atoms with van der Waals surface area (Å²) in [5, 5.41) is 10.8. The van der Waals surface area contributed by atoms with Gasteiger partial charge in [0.2, 0.25) is 0 Å². The molecule has 1 saturated carbocycles. The summed E-state index contributed by atoms with van der Waals surface area (Å²) in [6.07, 6.45) is 5.68. The van der Waals surface area contributed by atoms with Gasteiger partial charge < -0.3 is 10.2 Å². The van der Waals surface area contributed by atoms with Crippen molar-refractivity contribution in [2.45, 2.75) is 45.1 Å². The summed E-state index contributed by atoms with van der Waals surface area (Å²) in [4.78, 5) is 19.1. The number of anilines is 2.